The lowest BCUT2D eigenvalue weighted by Gasteiger charge is -2.34. The van der Waals surface area contributed by atoms with E-state index in [1.807, 2.05) is 25.7 Å². The fraction of sp³-hybridized carbons (Fsp3) is 0.882. The summed E-state index contributed by atoms with van der Waals surface area (Å²) in [6.07, 6.45) is 0.407. The van der Waals surface area contributed by atoms with Gasteiger partial charge < -0.3 is 19.8 Å². The first-order valence-electron chi connectivity index (χ1n) is 8.74. The van der Waals surface area contributed by atoms with Crippen LogP contribution < -0.4 is 0 Å². The zero-order valence-corrected chi connectivity index (χ0v) is 15.7. The zero-order valence-electron chi connectivity index (χ0n) is 15.7. The smallest absolute Gasteiger partial charge is 0.302 e. The number of amides is 1. The van der Waals surface area contributed by atoms with Crippen molar-refractivity contribution < 1.29 is 24.5 Å². The van der Waals surface area contributed by atoms with E-state index >= 15 is 0 Å². The van der Waals surface area contributed by atoms with Crippen molar-refractivity contribution in [3.05, 3.63) is 0 Å². The van der Waals surface area contributed by atoms with Crippen LogP contribution in [0.4, 0.5) is 0 Å². The van der Waals surface area contributed by atoms with E-state index in [0.717, 1.165) is 0 Å². The molecule has 1 amide bonds. The summed E-state index contributed by atoms with van der Waals surface area (Å²) in [5.41, 5.74) is 0. The summed E-state index contributed by atoms with van der Waals surface area (Å²) in [6, 6.07) is 0. The summed E-state index contributed by atoms with van der Waals surface area (Å²) in [6.45, 7) is 9.82. The highest BCUT2D eigenvalue weighted by atomic mass is 16.5. The van der Waals surface area contributed by atoms with Gasteiger partial charge in [0.2, 0.25) is 5.91 Å². The van der Waals surface area contributed by atoms with Crippen LogP contribution in [0.15, 0.2) is 0 Å². The van der Waals surface area contributed by atoms with Gasteiger partial charge >= 0.3 is 5.97 Å². The van der Waals surface area contributed by atoms with Gasteiger partial charge in [-0.1, -0.05) is 20.8 Å². The topological polar surface area (TPSA) is 90.3 Å². The summed E-state index contributed by atoms with van der Waals surface area (Å²) >= 11 is 0. The van der Waals surface area contributed by atoms with Crippen molar-refractivity contribution in [2.24, 2.45) is 0 Å². The van der Waals surface area contributed by atoms with Crippen molar-refractivity contribution in [1.29, 1.82) is 0 Å². The molecule has 0 aliphatic rings. The molecule has 0 bridgehead atoms. The number of esters is 1. The second kappa shape index (κ2) is 12.2. The minimum Gasteiger partial charge on any atom is -0.461 e. The highest BCUT2D eigenvalue weighted by molar-refractivity contribution is 5.73. The van der Waals surface area contributed by atoms with Crippen molar-refractivity contribution in [3.8, 4) is 0 Å². The van der Waals surface area contributed by atoms with Crippen LogP contribution in [0.2, 0.25) is 0 Å². The summed E-state index contributed by atoms with van der Waals surface area (Å²) in [5, 5.41) is 19.8. The second-order valence-corrected chi connectivity index (χ2v) is 6.18. The number of nitrogens with zero attached hydrogens (tertiary/aromatic N) is 2. The summed E-state index contributed by atoms with van der Waals surface area (Å²) < 4.78 is 5.27. The summed E-state index contributed by atoms with van der Waals surface area (Å²) in [4.78, 5) is 26.5. The summed E-state index contributed by atoms with van der Waals surface area (Å²) in [7, 11) is 0. The molecule has 0 aliphatic carbocycles. The van der Waals surface area contributed by atoms with E-state index in [4.69, 9.17) is 4.74 Å². The molecule has 0 rings (SSSR count). The maximum Gasteiger partial charge on any atom is 0.302 e. The third kappa shape index (κ3) is 9.85. The molecule has 0 aromatic rings. The monoisotopic (exact) mass is 346 g/mol. The van der Waals surface area contributed by atoms with Crippen molar-refractivity contribution >= 4 is 11.9 Å². The molecule has 7 heteroatoms. The van der Waals surface area contributed by atoms with Gasteiger partial charge in [0, 0.05) is 33.5 Å². The molecule has 0 aromatic heterocycles. The highest BCUT2D eigenvalue weighted by Gasteiger charge is 2.22. The predicted molar refractivity (Wildman–Crippen MR) is 92.3 cm³/mol. The molecule has 3 atom stereocenters. The van der Waals surface area contributed by atoms with Gasteiger partial charge in [0.15, 0.2) is 0 Å². The molecule has 0 saturated carbocycles. The van der Waals surface area contributed by atoms with Crippen LogP contribution in [0.1, 0.15) is 53.9 Å². The Morgan fingerprint density at radius 3 is 1.88 bits per heavy atom. The van der Waals surface area contributed by atoms with Gasteiger partial charge in [0.25, 0.3) is 0 Å². The Balaban J connectivity index is 5.00. The largest absolute Gasteiger partial charge is 0.461 e. The van der Waals surface area contributed by atoms with E-state index in [9.17, 15) is 19.8 Å². The maximum atomic E-state index is 11.9. The van der Waals surface area contributed by atoms with Gasteiger partial charge in [-0.25, -0.2) is 0 Å². The molecule has 0 saturated heterocycles. The van der Waals surface area contributed by atoms with Crippen LogP contribution in [0, 0.1) is 0 Å². The minimum absolute atomic E-state index is 0.140. The third-order valence-electron chi connectivity index (χ3n) is 3.91. The lowest BCUT2D eigenvalue weighted by atomic mass is 10.2. The zero-order chi connectivity index (χ0) is 18.7. The first-order chi connectivity index (χ1) is 11.2. The van der Waals surface area contributed by atoms with Crippen molar-refractivity contribution in [2.75, 3.05) is 26.3 Å². The molecule has 0 aliphatic heterocycles. The molecule has 142 valence electrons. The van der Waals surface area contributed by atoms with Gasteiger partial charge in [0.1, 0.15) is 6.10 Å². The Morgan fingerprint density at radius 2 is 1.46 bits per heavy atom. The number of aliphatic hydroxyl groups is 2. The number of ether oxygens (including phenoxy) is 1. The number of hydrogen-bond acceptors (Lipinski definition) is 6. The SMILES string of the molecule is CCC(O)CN(CC(CC)OC(C)=O)CN(CC(O)CC)C(C)=O. The van der Waals surface area contributed by atoms with Crippen LogP contribution in [-0.4, -0.2) is 76.5 Å². The highest BCUT2D eigenvalue weighted by Crippen LogP contribution is 2.08. The van der Waals surface area contributed by atoms with Crippen LogP contribution >= 0.6 is 0 Å². The Labute approximate surface area is 145 Å². The molecule has 3 unspecified atom stereocenters. The van der Waals surface area contributed by atoms with E-state index in [1.54, 1.807) is 4.90 Å². The average molecular weight is 346 g/mol. The van der Waals surface area contributed by atoms with Crippen molar-refractivity contribution in [1.82, 2.24) is 9.80 Å². The normalized spacial score (nSPS) is 15.0. The van der Waals surface area contributed by atoms with E-state index in [2.05, 4.69) is 0 Å². The fourth-order valence-electron chi connectivity index (χ4n) is 2.30. The molecule has 0 spiro atoms. The van der Waals surface area contributed by atoms with Gasteiger partial charge in [0.05, 0.1) is 18.9 Å². The standard InChI is InChI=1S/C17H34N2O5/c1-6-15(22)9-18(11-17(8-3)24-14(5)21)12-19(13(4)20)10-16(23)7-2/h15-17,22-23H,6-12H2,1-5H3. The van der Waals surface area contributed by atoms with Gasteiger partial charge in [-0.05, 0) is 19.3 Å². The maximum absolute atomic E-state index is 11.9. The summed E-state index contributed by atoms with van der Waals surface area (Å²) in [5.74, 6) is -0.485. The average Bonchev–Trinajstić information content (AvgIpc) is 2.52. The number of carbonyl (C=O) groups is 2. The number of hydrogen-bond donors (Lipinski definition) is 2. The lowest BCUT2D eigenvalue weighted by Crippen LogP contribution is -2.48. The third-order valence-corrected chi connectivity index (χ3v) is 3.91. The van der Waals surface area contributed by atoms with Crippen LogP contribution in [0.3, 0.4) is 0 Å². The molecule has 0 heterocycles. The lowest BCUT2D eigenvalue weighted by molar-refractivity contribution is -0.148. The first kappa shape index (κ1) is 22.8. The van der Waals surface area contributed by atoms with E-state index in [-0.39, 0.29) is 31.2 Å². The molecule has 0 aromatic carbocycles. The van der Waals surface area contributed by atoms with Crippen molar-refractivity contribution in [2.45, 2.75) is 72.2 Å². The van der Waals surface area contributed by atoms with E-state index in [0.29, 0.717) is 32.4 Å². The molecule has 2 N–H and O–H groups in total. The predicted octanol–water partition coefficient (Wildman–Crippen LogP) is 0.978. The van der Waals surface area contributed by atoms with Gasteiger partial charge in [-0.15, -0.1) is 0 Å². The molecule has 7 nitrogen and oxygen atoms in total. The number of rotatable bonds is 12. The Kier molecular flexibility index (Phi) is 11.6. The van der Waals surface area contributed by atoms with Crippen LogP contribution in [0.5, 0.6) is 0 Å². The Hall–Kier alpha value is -1.18. The van der Waals surface area contributed by atoms with Gasteiger partial charge in [-0.2, -0.15) is 0 Å². The molecule has 0 radical (unpaired) electrons. The first-order valence-corrected chi connectivity index (χ1v) is 8.74. The van der Waals surface area contributed by atoms with Crippen LogP contribution in [-0.2, 0) is 14.3 Å². The molecule has 0 fully saturated rings. The number of carbonyl (C=O) groups excluding carboxylic acids is 2. The molecular weight excluding hydrogens is 312 g/mol. The number of aliphatic hydroxyl groups excluding tert-OH is 2. The fourth-order valence-corrected chi connectivity index (χ4v) is 2.30. The van der Waals surface area contributed by atoms with E-state index in [1.165, 1.54) is 13.8 Å². The van der Waals surface area contributed by atoms with Crippen molar-refractivity contribution in [3.63, 3.8) is 0 Å². The quantitative estimate of drug-likeness (QED) is 0.404. The minimum atomic E-state index is -0.581. The Morgan fingerprint density at radius 1 is 0.917 bits per heavy atom. The van der Waals surface area contributed by atoms with Crippen LogP contribution in [0.25, 0.3) is 0 Å². The molecule has 24 heavy (non-hydrogen) atoms. The molecular formula is C17H34N2O5. The van der Waals surface area contributed by atoms with Gasteiger partial charge in [-0.3, -0.25) is 14.5 Å². The second-order valence-electron chi connectivity index (χ2n) is 6.18. The Bertz CT molecular complexity index is 378. The van der Waals surface area contributed by atoms with E-state index < -0.39 is 12.2 Å².